The molecular formula is C18H19N3OS. The van der Waals surface area contributed by atoms with Crippen LogP contribution in [0.25, 0.3) is 5.70 Å². The van der Waals surface area contributed by atoms with Crippen LogP contribution in [0.5, 0.6) is 0 Å². The summed E-state index contributed by atoms with van der Waals surface area (Å²) in [5.41, 5.74) is 4.54. The molecule has 3 atom stereocenters. The molecule has 0 spiro atoms. The molecule has 1 saturated carbocycles. The minimum Gasteiger partial charge on any atom is -0.325 e. The quantitative estimate of drug-likeness (QED) is 0.855. The first-order valence-electron chi connectivity index (χ1n) is 8.41. The molecule has 1 aromatic rings. The van der Waals surface area contributed by atoms with Gasteiger partial charge in [0.25, 0.3) is 0 Å². The number of amides is 1. The summed E-state index contributed by atoms with van der Waals surface area (Å²) in [6.45, 7) is 1.97. The molecule has 3 heterocycles. The Morgan fingerprint density at radius 1 is 1.30 bits per heavy atom. The van der Waals surface area contributed by atoms with Crippen molar-refractivity contribution in [3.05, 3.63) is 34.7 Å². The first-order valence-corrected chi connectivity index (χ1v) is 9.29. The number of anilines is 1. The number of hydrogen-bond acceptors (Lipinski definition) is 4. The molecule has 5 heteroatoms. The summed E-state index contributed by atoms with van der Waals surface area (Å²) in [5, 5.41) is 6.34. The Labute approximate surface area is 140 Å². The van der Waals surface area contributed by atoms with E-state index in [1.54, 1.807) is 11.8 Å². The predicted octanol–water partition coefficient (Wildman–Crippen LogP) is 3.77. The van der Waals surface area contributed by atoms with Gasteiger partial charge in [0.1, 0.15) is 0 Å². The smallest absolute Gasteiger partial charge is 0.231 e. The van der Waals surface area contributed by atoms with Crippen LogP contribution in [0.4, 0.5) is 5.69 Å². The van der Waals surface area contributed by atoms with Gasteiger partial charge in [0.05, 0.1) is 23.7 Å². The van der Waals surface area contributed by atoms with Crippen LogP contribution in [0.2, 0.25) is 0 Å². The minimum absolute atomic E-state index is 0.0613. The van der Waals surface area contributed by atoms with Gasteiger partial charge >= 0.3 is 0 Å². The largest absolute Gasteiger partial charge is 0.325 e. The highest BCUT2D eigenvalue weighted by Gasteiger charge is 2.42. The number of carbonyl (C=O) groups is 1. The molecular weight excluding hydrogens is 306 g/mol. The second-order valence-corrected chi connectivity index (χ2v) is 7.67. The Hall–Kier alpha value is -1.75. The zero-order chi connectivity index (χ0) is 15.6. The number of rotatable bonds is 1. The van der Waals surface area contributed by atoms with Crippen molar-refractivity contribution in [1.29, 1.82) is 0 Å². The molecule has 4 nitrogen and oxygen atoms in total. The third kappa shape index (κ3) is 1.92. The molecule has 1 amide bonds. The third-order valence-corrected chi connectivity index (χ3v) is 6.36. The second-order valence-electron chi connectivity index (χ2n) is 6.83. The summed E-state index contributed by atoms with van der Waals surface area (Å²) in [4.78, 5) is 19.3. The molecule has 118 valence electrons. The van der Waals surface area contributed by atoms with E-state index in [0.717, 1.165) is 11.3 Å². The molecule has 0 saturated heterocycles. The normalized spacial score (nSPS) is 31.3. The zero-order valence-electron chi connectivity index (χ0n) is 13.1. The van der Waals surface area contributed by atoms with Crippen molar-refractivity contribution in [3.8, 4) is 0 Å². The number of aliphatic imine (C=N–C) groups is 1. The summed E-state index contributed by atoms with van der Waals surface area (Å²) >= 11 is 1.75. The van der Waals surface area contributed by atoms with Crippen molar-refractivity contribution in [2.45, 2.75) is 50.6 Å². The molecule has 1 N–H and O–H groups in total. The van der Waals surface area contributed by atoms with Crippen LogP contribution < -0.4 is 5.32 Å². The Bertz CT molecular complexity index is 770. The van der Waals surface area contributed by atoms with E-state index in [1.807, 2.05) is 13.0 Å². The lowest BCUT2D eigenvalue weighted by molar-refractivity contribution is -0.116. The van der Waals surface area contributed by atoms with Crippen LogP contribution in [0, 0.1) is 0 Å². The van der Waals surface area contributed by atoms with E-state index in [4.69, 9.17) is 4.99 Å². The van der Waals surface area contributed by atoms with E-state index < -0.39 is 0 Å². The number of amidine groups is 1. The van der Waals surface area contributed by atoms with E-state index in [2.05, 4.69) is 27.8 Å². The average molecular weight is 325 g/mol. The lowest BCUT2D eigenvalue weighted by Gasteiger charge is -2.32. The van der Waals surface area contributed by atoms with Crippen LogP contribution in [0.3, 0.4) is 0 Å². The molecule has 0 radical (unpaired) electrons. The van der Waals surface area contributed by atoms with Gasteiger partial charge < -0.3 is 10.2 Å². The van der Waals surface area contributed by atoms with Crippen molar-refractivity contribution in [2.75, 3.05) is 5.32 Å². The van der Waals surface area contributed by atoms with E-state index >= 15 is 0 Å². The summed E-state index contributed by atoms with van der Waals surface area (Å²) in [5.74, 6) is 0.0384. The average Bonchev–Trinajstić information content (AvgIpc) is 3.20. The minimum atomic E-state index is -0.0613. The Morgan fingerprint density at radius 2 is 2.17 bits per heavy atom. The second kappa shape index (κ2) is 4.87. The van der Waals surface area contributed by atoms with Gasteiger partial charge in [-0.1, -0.05) is 30.7 Å². The molecule has 0 bridgehead atoms. The van der Waals surface area contributed by atoms with Crippen molar-refractivity contribution < 1.29 is 4.79 Å². The lowest BCUT2D eigenvalue weighted by atomic mass is 9.90. The van der Waals surface area contributed by atoms with Gasteiger partial charge in [0.15, 0.2) is 5.17 Å². The Morgan fingerprint density at radius 3 is 3.09 bits per heavy atom. The van der Waals surface area contributed by atoms with Crippen molar-refractivity contribution >= 4 is 34.2 Å². The molecule has 3 aliphatic heterocycles. The van der Waals surface area contributed by atoms with Gasteiger partial charge in [-0.25, -0.2) is 0 Å². The SMILES string of the molecule is C[C@@H]1C(=O)Nc2ccc(C3=CSC4=N[C@@H]5CCCC[C@@H]5N34)cc21. The Balaban J connectivity index is 1.51. The first-order chi connectivity index (χ1) is 11.2. The number of carbonyl (C=O) groups excluding carboxylic acids is 1. The van der Waals surface area contributed by atoms with Crippen LogP contribution >= 0.6 is 11.8 Å². The molecule has 23 heavy (non-hydrogen) atoms. The number of thioether (sulfide) groups is 1. The fraction of sp³-hybridized carbons (Fsp3) is 0.444. The number of nitrogens with zero attached hydrogens (tertiary/aromatic N) is 2. The van der Waals surface area contributed by atoms with Crippen molar-refractivity contribution in [1.82, 2.24) is 4.90 Å². The molecule has 1 fully saturated rings. The monoisotopic (exact) mass is 325 g/mol. The lowest BCUT2D eigenvalue weighted by Crippen LogP contribution is -2.38. The van der Waals surface area contributed by atoms with Crippen LogP contribution in [0.1, 0.15) is 49.7 Å². The zero-order valence-corrected chi connectivity index (χ0v) is 13.9. The van der Waals surface area contributed by atoms with Crippen LogP contribution in [-0.4, -0.2) is 28.1 Å². The van der Waals surface area contributed by atoms with Crippen LogP contribution in [0.15, 0.2) is 28.6 Å². The number of nitrogens with one attached hydrogen (secondary N) is 1. The van der Waals surface area contributed by atoms with Gasteiger partial charge in [0, 0.05) is 11.1 Å². The summed E-state index contributed by atoms with van der Waals surface area (Å²) in [6.07, 6.45) is 5.06. The van der Waals surface area contributed by atoms with Crippen molar-refractivity contribution in [3.63, 3.8) is 0 Å². The number of hydrogen-bond donors (Lipinski definition) is 1. The molecule has 5 rings (SSSR count). The first kappa shape index (κ1) is 13.7. The maximum atomic E-state index is 11.9. The van der Waals surface area contributed by atoms with Gasteiger partial charge in [-0.05, 0) is 43.0 Å². The molecule has 1 aromatic carbocycles. The van der Waals surface area contributed by atoms with Gasteiger partial charge in [0.2, 0.25) is 5.91 Å². The number of fused-ring (bicyclic) bond motifs is 4. The van der Waals surface area contributed by atoms with Gasteiger partial charge in [-0.15, -0.1) is 0 Å². The maximum absolute atomic E-state index is 11.9. The van der Waals surface area contributed by atoms with Crippen molar-refractivity contribution in [2.24, 2.45) is 4.99 Å². The molecule has 0 aromatic heterocycles. The van der Waals surface area contributed by atoms with Gasteiger partial charge in [-0.3, -0.25) is 9.79 Å². The number of benzene rings is 1. The maximum Gasteiger partial charge on any atom is 0.231 e. The van der Waals surface area contributed by atoms with E-state index in [0.29, 0.717) is 12.1 Å². The highest BCUT2D eigenvalue weighted by Crippen LogP contribution is 2.45. The topological polar surface area (TPSA) is 44.7 Å². The summed E-state index contributed by atoms with van der Waals surface area (Å²) in [6, 6.07) is 7.37. The fourth-order valence-corrected chi connectivity index (χ4v) is 5.22. The van der Waals surface area contributed by atoms with Crippen LogP contribution in [-0.2, 0) is 4.79 Å². The fourth-order valence-electron chi connectivity index (χ4n) is 4.21. The van der Waals surface area contributed by atoms with E-state index in [-0.39, 0.29) is 11.8 Å². The van der Waals surface area contributed by atoms with E-state index in [9.17, 15) is 4.79 Å². The molecule has 4 aliphatic rings. The van der Waals surface area contributed by atoms with Gasteiger partial charge in [-0.2, -0.15) is 0 Å². The van der Waals surface area contributed by atoms with E-state index in [1.165, 1.54) is 42.1 Å². The predicted molar refractivity (Wildman–Crippen MR) is 94.4 cm³/mol. The standard InChI is InChI=1S/C18H19N3OS/c1-10-12-8-11(6-7-13(12)19-17(10)22)16-9-23-18-20-14-4-2-3-5-15(14)21(16)18/h6-10,14-15H,2-5H2,1H3,(H,19,22)/t10-,14+,15-/m0/s1. The molecule has 0 unspecified atom stereocenters. The molecule has 1 aliphatic carbocycles. The third-order valence-electron chi connectivity index (χ3n) is 5.51. The Kier molecular flexibility index (Phi) is 2.89. The highest BCUT2D eigenvalue weighted by atomic mass is 32.2. The highest BCUT2D eigenvalue weighted by molar-refractivity contribution is 8.16. The summed E-state index contributed by atoms with van der Waals surface area (Å²) in [7, 11) is 0. The summed E-state index contributed by atoms with van der Waals surface area (Å²) < 4.78 is 0.